The number of ether oxygens (including phenoxy) is 4. The van der Waals surface area contributed by atoms with E-state index in [0.717, 1.165) is 5.56 Å². The fourth-order valence-electron chi connectivity index (χ4n) is 2.31. The summed E-state index contributed by atoms with van der Waals surface area (Å²) in [5, 5.41) is 11.6. The summed E-state index contributed by atoms with van der Waals surface area (Å²) in [6, 6.07) is 13.0. The van der Waals surface area contributed by atoms with Crippen molar-refractivity contribution in [2.24, 2.45) is 5.10 Å². The van der Waals surface area contributed by atoms with E-state index in [1.54, 1.807) is 20.4 Å². The molecule has 1 heterocycles. The largest absolute Gasteiger partial charge is 0.493 e. The van der Waals surface area contributed by atoms with Gasteiger partial charge in [-0.1, -0.05) is 12.1 Å². The Morgan fingerprint density at radius 1 is 0.852 bits per heavy atom. The van der Waals surface area contributed by atoms with Crippen molar-refractivity contribution in [2.75, 3.05) is 27.4 Å². The van der Waals surface area contributed by atoms with Crippen LogP contribution in [0.2, 0.25) is 0 Å². The highest BCUT2D eigenvalue weighted by molar-refractivity contribution is 5.80. The van der Waals surface area contributed by atoms with E-state index in [4.69, 9.17) is 18.9 Å². The maximum atomic E-state index is 5.77. The van der Waals surface area contributed by atoms with Crippen LogP contribution in [0.1, 0.15) is 5.56 Å². The Morgan fingerprint density at radius 2 is 1.48 bits per heavy atom. The molecule has 3 aromatic rings. The monoisotopic (exact) mass is 368 g/mol. The molecule has 0 aliphatic rings. The van der Waals surface area contributed by atoms with Gasteiger partial charge in [0, 0.05) is 0 Å². The van der Waals surface area contributed by atoms with Crippen LogP contribution in [-0.2, 0) is 0 Å². The topological polar surface area (TPSA) is 80.0 Å². The van der Waals surface area contributed by atoms with Crippen LogP contribution in [0.25, 0.3) is 0 Å². The molecule has 8 nitrogen and oxygen atoms in total. The summed E-state index contributed by atoms with van der Waals surface area (Å²) in [5.41, 5.74) is 0.859. The van der Waals surface area contributed by atoms with Crippen molar-refractivity contribution in [2.45, 2.75) is 0 Å². The molecule has 0 aliphatic carbocycles. The van der Waals surface area contributed by atoms with Crippen molar-refractivity contribution in [1.82, 2.24) is 14.9 Å². The molecule has 3 rings (SSSR count). The number of hydrogen-bond acceptors (Lipinski definition) is 7. The Hall–Kier alpha value is -3.55. The summed E-state index contributed by atoms with van der Waals surface area (Å²) in [7, 11) is 3.20. The van der Waals surface area contributed by atoms with E-state index in [9.17, 15) is 0 Å². The van der Waals surface area contributed by atoms with E-state index in [0.29, 0.717) is 36.2 Å². The van der Waals surface area contributed by atoms with Crippen LogP contribution in [0.4, 0.5) is 0 Å². The molecule has 0 saturated carbocycles. The van der Waals surface area contributed by atoms with Gasteiger partial charge in [-0.25, -0.2) is 4.68 Å². The lowest BCUT2D eigenvalue weighted by Crippen LogP contribution is -2.10. The van der Waals surface area contributed by atoms with Crippen LogP contribution >= 0.6 is 0 Å². The molecule has 140 valence electrons. The Morgan fingerprint density at radius 3 is 2.15 bits per heavy atom. The predicted octanol–water partition coefficient (Wildman–Crippen LogP) is 2.64. The van der Waals surface area contributed by atoms with E-state index in [1.165, 1.54) is 17.3 Å². The van der Waals surface area contributed by atoms with Crippen molar-refractivity contribution in [1.29, 1.82) is 0 Å². The lowest BCUT2D eigenvalue weighted by molar-refractivity contribution is 0.206. The highest BCUT2D eigenvalue weighted by Gasteiger charge is 2.06. The van der Waals surface area contributed by atoms with Gasteiger partial charge in [-0.2, -0.15) is 5.10 Å². The normalized spacial score (nSPS) is 10.7. The van der Waals surface area contributed by atoms with Gasteiger partial charge in [0.2, 0.25) is 0 Å². The molecular formula is C19H20N4O4. The van der Waals surface area contributed by atoms with E-state index in [1.807, 2.05) is 42.5 Å². The fourth-order valence-corrected chi connectivity index (χ4v) is 2.31. The molecule has 0 fully saturated rings. The molecular weight excluding hydrogens is 348 g/mol. The number of para-hydroxylation sites is 2. The summed E-state index contributed by atoms with van der Waals surface area (Å²) in [6.45, 7) is 0.739. The minimum Gasteiger partial charge on any atom is -0.493 e. The van der Waals surface area contributed by atoms with Gasteiger partial charge in [0.15, 0.2) is 23.0 Å². The average molecular weight is 368 g/mol. The maximum Gasteiger partial charge on any atom is 0.161 e. The first-order valence-corrected chi connectivity index (χ1v) is 8.26. The number of benzene rings is 2. The summed E-state index contributed by atoms with van der Waals surface area (Å²) >= 11 is 0. The average Bonchev–Trinajstić information content (AvgIpc) is 3.24. The molecule has 27 heavy (non-hydrogen) atoms. The summed E-state index contributed by atoms with van der Waals surface area (Å²) < 4.78 is 23.6. The van der Waals surface area contributed by atoms with Crippen LogP contribution in [0, 0.1) is 0 Å². The number of aromatic nitrogens is 3. The predicted molar refractivity (Wildman–Crippen MR) is 100.0 cm³/mol. The smallest absolute Gasteiger partial charge is 0.161 e. The minimum atomic E-state index is 0.364. The zero-order valence-corrected chi connectivity index (χ0v) is 15.1. The van der Waals surface area contributed by atoms with E-state index in [2.05, 4.69) is 15.3 Å². The van der Waals surface area contributed by atoms with Gasteiger partial charge in [-0.05, 0) is 35.9 Å². The molecule has 8 heteroatoms. The molecule has 0 spiro atoms. The summed E-state index contributed by atoms with van der Waals surface area (Å²) in [4.78, 5) is 0. The molecule has 0 atom stereocenters. The first kappa shape index (κ1) is 18.2. The second kappa shape index (κ2) is 9.23. The maximum absolute atomic E-state index is 5.77. The Balaban J connectivity index is 1.56. The third-order valence-corrected chi connectivity index (χ3v) is 3.60. The molecule has 0 amide bonds. The lowest BCUT2D eigenvalue weighted by atomic mass is 10.2. The molecule has 0 aliphatic heterocycles. The van der Waals surface area contributed by atoms with Crippen LogP contribution in [0.15, 0.2) is 60.2 Å². The Labute approximate surface area is 157 Å². The zero-order chi connectivity index (χ0) is 18.9. The van der Waals surface area contributed by atoms with Crippen LogP contribution in [0.3, 0.4) is 0 Å². The van der Waals surface area contributed by atoms with Gasteiger partial charge >= 0.3 is 0 Å². The first-order valence-electron chi connectivity index (χ1n) is 8.26. The number of methoxy groups -OCH3 is 2. The molecule has 2 aromatic carbocycles. The molecule has 0 N–H and O–H groups in total. The second-order valence-electron chi connectivity index (χ2n) is 5.34. The minimum absolute atomic E-state index is 0.364. The van der Waals surface area contributed by atoms with Crippen molar-refractivity contribution >= 4 is 6.21 Å². The standard InChI is InChI=1S/C19H20N4O4/c1-24-16-5-3-4-6-17(16)26-9-10-27-18-8-7-15(11-19(18)25-2)12-22-23-13-20-21-14-23/h3-8,11-14H,9-10H2,1-2H3/b22-12-. The Kier molecular flexibility index (Phi) is 6.24. The van der Waals surface area contributed by atoms with Gasteiger partial charge in [0.1, 0.15) is 25.9 Å². The van der Waals surface area contributed by atoms with Crippen molar-refractivity contribution in [3.05, 3.63) is 60.7 Å². The highest BCUT2D eigenvalue weighted by atomic mass is 16.5. The SMILES string of the molecule is COc1ccccc1OCCOc1ccc(/C=N\n2cnnc2)cc1OC. The van der Waals surface area contributed by atoms with Gasteiger partial charge < -0.3 is 18.9 Å². The zero-order valence-electron chi connectivity index (χ0n) is 15.1. The Bertz CT molecular complexity index is 881. The lowest BCUT2D eigenvalue weighted by Gasteiger charge is -2.13. The molecule has 0 bridgehead atoms. The van der Waals surface area contributed by atoms with Crippen LogP contribution < -0.4 is 18.9 Å². The quantitative estimate of drug-likeness (QED) is 0.427. The highest BCUT2D eigenvalue weighted by Crippen LogP contribution is 2.28. The fraction of sp³-hybridized carbons (Fsp3) is 0.211. The van der Waals surface area contributed by atoms with E-state index >= 15 is 0 Å². The number of nitrogens with zero attached hydrogens (tertiary/aromatic N) is 4. The van der Waals surface area contributed by atoms with Crippen molar-refractivity contribution < 1.29 is 18.9 Å². The molecule has 0 radical (unpaired) electrons. The van der Waals surface area contributed by atoms with Gasteiger partial charge in [-0.3, -0.25) is 0 Å². The number of rotatable bonds is 9. The first-order chi connectivity index (χ1) is 13.3. The van der Waals surface area contributed by atoms with Gasteiger partial charge in [0.25, 0.3) is 0 Å². The van der Waals surface area contributed by atoms with Gasteiger partial charge in [0.05, 0.1) is 20.4 Å². The summed E-state index contributed by atoms with van der Waals surface area (Å²) in [5.74, 6) is 2.60. The molecule has 0 saturated heterocycles. The third-order valence-electron chi connectivity index (χ3n) is 3.60. The third kappa shape index (κ3) is 4.97. The number of hydrogen-bond donors (Lipinski definition) is 0. The summed E-state index contributed by atoms with van der Waals surface area (Å²) in [6.07, 6.45) is 4.69. The second-order valence-corrected chi connectivity index (χ2v) is 5.34. The van der Waals surface area contributed by atoms with E-state index in [-0.39, 0.29) is 0 Å². The molecule has 0 unspecified atom stereocenters. The van der Waals surface area contributed by atoms with Crippen LogP contribution in [-0.4, -0.2) is 48.5 Å². The van der Waals surface area contributed by atoms with Gasteiger partial charge in [-0.15, -0.1) is 10.2 Å². The molecule has 1 aromatic heterocycles. The van der Waals surface area contributed by atoms with Crippen LogP contribution in [0.5, 0.6) is 23.0 Å². The van der Waals surface area contributed by atoms with Crippen molar-refractivity contribution in [3.8, 4) is 23.0 Å². The van der Waals surface area contributed by atoms with Crippen molar-refractivity contribution in [3.63, 3.8) is 0 Å². The van der Waals surface area contributed by atoms with E-state index < -0.39 is 0 Å².